The molecule has 5 rings (SSSR count). The van der Waals surface area contributed by atoms with Gasteiger partial charge in [-0.05, 0) is 87.4 Å². The van der Waals surface area contributed by atoms with Crippen LogP contribution < -0.4 is 5.32 Å². The fourth-order valence-electron chi connectivity index (χ4n) is 6.02. The van der Waals surface area contributed by atoms with E-state index < -0.39 is 0 Å². The molecule has 0 aromatic rings. The van der Waals surface area contributed by atoms with E-state index >= 15 is 0 Å². The summed E-state index contributed by atoms with van der Waals surface area (Å²) in [4.78, 5) is 24.1. The second-order valence-corrected chi connectivity index (χ2v) is 8.95. The average molecular weight is 319 g/mol. The number of ether oxygens (including phenoxy) is 1. The number of rotatable bonds is 6. The molecular formula is C19H29NO3. The third-order valence-corrected chi connectivity index (χ3v) is 6.77. The van der Waals surface area contributed by atoms with Crippen LogP contribution in [0.15, 0.2) is 0 Å². The van der Waals surface area contributed by atoms with Crippen molar-refractivity contribution in [1.29, 1.82) is 0 Å². The molecule has 0 aromatic carbocycles. The van der Waals surface area contributed by atoms with Crippen LogP contribution in [0.25, 0.3) is 0 Å². The maximum atomic E-state index is 12.3. The first-order valence-electron chi connectivity index (χ1n) is 9.46. The summed E-state index contributed by atoms with van der Waals surface area (Å²) in [5, 5.41) is 2.94. The third-order valence-electron chi connectivity index (χ3n) is 6.77. The van der Waals surface area contributed by atoms with E-state index in [4.69, 9.17) is 4.74 Å². The van der Waals surface area contributed by atoms with Gasteiger partial charge < -0.3 is 10.1 Å². The highest BCUT2D eigenvalue weighted by Crippen LogP contribution is 2.61. The first-order valence-corrected chi connectivity index (χ1v) is 9.46. The molecule has 5 aliphatic rings. The minimum atomic E-state index is -0.166. The Bertz CT molecular complexity index is 462. The van der Waals surface area contributed by atoms with E-state index in [9.17, 15) is 9.59 Å². The molecule has 5 aliphatic carbocycles. The first kappa shape index (κ1) is 15.5. The van der Waals surface area contributed by atoms with Crippen LogP contribution >= 0.6 is 0 Å². The number of carbonyl (C=O) groups is 2. The van der Waals surface area contributed by atoms with Crippen molar-refractivity contribution in [3.05, 3.63) is 0 Å². The topological polar surface area (TPSA) is 55.4 Å². The Balaban J connectivity index is 1.24. The quantitative estimate of drug-likeness (QED) is 0.766. The predicted molar refractivity (Wildman–Crippen MR) is 86.5 cm³/mol. The van der Waals surface area contributed by atoms with Gasteiger partial charge in [0.2, 0.25) is 0 Å². The SMILES string of the molecule is C[C@@H](NC(=O)COC(=O)CC12CC3CC(CC(C3)C1)C2)C1CC1. The molecule has 5 saturated carbocycles. The van der Waals surface area contributed by atoms with Crippen molar-refractivity contribution in [3.8, 4) is 0 Å². The van der Waals surface area contributed by atoms with Crippen molar-refractivity contribution >= 4 is 11.9 Å². The average Bonchev–Trinajstić information content (AvgIpc) is 3.27. The summed E-state index contributed by atoms with van der Waals surface area (Å²) in [5.74, 6) is 2.84. The van der Waals surface area contributed by atoms with Gasteiger partial charge in [-0.1, -0.05) is 0 Å². The number of esters is 1. The molecule has 0 unspecified atom stereocenters. The molecule has 4 bridgehead atoms. The predicted octanol–water partition coefficient (Wildman–Crippen LogP) is 3.05. The van der Waals surface area contributed by atoms with E-state index in [1.54, 1.807) is 0 Å². The molecule has 4 heteroatoms. The molecule has 4 nitrogen and oxygen atoms in total. The van der Waals surface area contributed by atoms with Gasteiger partial charge in [-0.3, -0.25) is 9.59 Å². The van der Waals surface area contributed by atoms with Crippen molar-refractivity contribution < 1.29 is 14.3 Å². The lowest BCUT2D eigenvalue weighted by Gasteiger charge is -2.56. The lowest BCUT2D eigenvalue weighted by molar-refractivity contribution is -0.155. The number of carbonyl (C=O) groups excluding carboxylic acids is 2. The highest BCUT2D eigenvalue weighted by molar-refractivity contribution is 5.81. The second-order valence-electron chi connectivity index (χ2n) is 8.95. The molecule has 1 atom stereocenters. The molecule has 0 saturated heterocycles. The molecule has 1 N–H and O–H groups in total. The molecule has 23 heavy (non-hydrogen) atoms. The minimum absolute atomic E-state index is 0.109. The smallest absolute Gasteiger partial charge is 0.306 e. The summed E-state index contributed by atoms with van der Waals surface area (Å²) in [6.07, 6.45) is 10.7. The molecule has 0 radical (unpaired) electrons. The van der Waals surface area contributed by atoms with E-state index in [2.05, 4.69) is 5.32 Å². The zero-order chi connectivity index (χ0) is 16.0. The van der Waals surface area contributed by atoms with Crippen molar-refractivity contribution in [2.75, 3.05) is 6.61 Å². The van der Waals surface area contributed by atoms with Crippen LogP contribution in [0, 0.1) is 29.1 Å². The third kappa shape index (κ3) is 3.41. The van der Waals surface area contributed by atoms with Gasteiger partial charge in [0, 0.05) is 6.04 Å². The molecule has 0 heterocycles. The zero-order valence-corrected chi connectivity index (χ0v) is 14.2. The van der Waals surface area contributed by atoms with Gasteiger partial charge in [-0.25, -0.2) is 0 Å². The lowest BCUT2D eigenvalue weighted by atomic mass is 9.49. The maximum absolute atomic E-state index is 12.3. The summed E-state index contributed by atoms with van der Waals surface area (Å²) < 4.78 is 5.29. The van der Waals surface area contributed by atoms with E-state index in [1.807, 2.05) is 6.92 Å². The maximum Gasteiger partial charge on any atom is 0.306 e. The van der Waals surface area contributed by atoms with Gasteiger partial charge in [0.05, 0.1) is 6.42 Å². The van der Waals surface area contributed by atoms with Gasteiger partial charge in [0.15, 0.2) is 6.61 Å². The van der Waals surface area contributed by atoms with E-state index in [-0.39, 0.29) is 29.9 Å². The molecule has 5 fully saturated rings. The number of hydrogen-bond acceptors (Lipinski definition) is 3. The summed E-state index contributed by atoms with van der Waals surface area (Å²) in [7, 11) is 0. The second kappa shape index (κ2) is 5.78. The minimum Gasteiger partial charge on any atom is -0.456 e. The van der Waals surface area contributed by atoms with Gasteiger partial charge in [-0.15, -0.1) is 0 Å². The molecule has 1 amide bonds. The Morgan fingerprint density at radius 2 is 1.65 bits per heavy atom. The normalized spacial score (nSPS) is 39.1. The van der Waals surface area contributed by atoms with E-state index in [1.165, 1.54) is 51.4 Å². The Morgan fingerprint density at radius 1 is 1.09 bits per heavy atom. The molecular weight excluding hydrogens is 290 g/mol. The van der Waals surface area contributed by atoms with Crippen LogP contribution in [-0.4, -0.2) is 24.5 Å². The fourth-order valence-corrected chi connectivity index (χ4v) is 6.02. The van der Waals surface area contributed by atoms with Crippen LogP contribution in [-0.2, 0) is 14.3 Å². The van der Waals surface area contributed by atoms with Crippen LogP contribution in [0.1, 0.15) is 64.7 Å². The van der Waals surface area contributed by atoms with E-state index in [0.29, 0.717) is 12.3 Å². The number of hydrogen-bond donors (Lipinski definition) is 1. The summed E-state index contributed by atoms with van der Waals surface area (Å²) in [6, 6.07) is 0.212. The van der Waals surface area contributed by atoms with Crippen molar-refractivity contribution in [1.82, 2.24) is 5.32 Å². The van der Waals surface area contributed by atoms with Gasteiger partial charge in [0.25, 0.3) is 5.91 Å². The monoisotopic (exact) mass is 319 g/mol. The fraction of sp³-hybridized carbons (Fsp3) is 0.895. The standard InChI is InChI=1S/C19H29NO3/c1-12(16-2-3-16)20-17(21)11-23-18(22)10-19-7-13-4-14(8-19)6-15(5-13)9-19/h12-16H,2-11H2,1H3,(H,20,21)/t12-,13?,14?,15?,19?/m1/s1. The highest BCUT2D eigenvalue weighted by atomic mass is 16.5. The molecule has 0 aromatic heterocycles. The van der Waals surface area contributed by atoms with Gasteiger partial charge in [-0.2, -0.15) is 0 Å². The summed E-state index contributed by atoms with van der Waals surface area (Å²) in [5.41, 5.74) is 0.198. The zero-order valence-electron chi connectivity index (χ0n) is 14.2. The van der Waals surface area contributed by atoms with Crippen molar-refractivity contribution in [2.24, 2.45) is 29.1 Å². The first-order chi connectivity index (χ1) is 11.0. The summed E-state index contributed by atoms with van der Waals surface area (Å²) in [6.45, 7) is 1.93. The Morgan fingerprint density at radius 3 is 2.17 bits per heavy atom. The van der Waals surface area contributed by atoms with Crippen molar-refractivity contribution in [3.63, 3.8) is 0 Å². The van der Waals surface area contributed by atoms with Crippen molar-refractivity contribution in [2.45, 2.75) is 70.8 Å². The van der Waals surface area contributed by atoms with E-state index in [0.717, 1.165) is 17.8 Å². The molecule has 0 spiro atoms. The molecule has 0 aliphatic heterocycles. The number of nitrogens with one attached hydrogen (secondary N) is 1. The number of amides is 1. The Hall–Kier alpha value is -1.06. The highest BCUT2D eigenvalue weighted by Gasteiger charge is 2.51. The summed E-state index contributed by atoms with van der Waals surface area (Å²) >= 11 is 0. The van der Waals surface area contributed by atoms with Crippen LogP contribution in [0.3, 0.4) is 0 Å². The molecule has 128 valence electrons. The lowest BCUT2D eigenvalue weighted by Crippen LogP contribution is -2.47. The van der Waals surface area contributed by atoms with Gasteiger partial charge in [0.1, 0.15) is 0 Å². The Labute approximate surface area is 138 Å². The van der Waals surface area contributed by atoms with Crippen LogP contribution in [0.4, 0.5) is 0 Å². The Kier molecular flexibility index (Phi) is 3.89. The van der Waals surface area contributed by atoms with Crippen LogP contribution in [0.5, 0.6) is 0 Å². The largest absolute Gasteiger partial charge is 0.456 e. The van der Waals surface area contributed by atoms with Gasteiger partial charge >= 0.3 is 5.97 Å². The van der Waals surface area contributed by atoms with Crippen LogP contribution in [0.2, 0.25) is 0 Å².